The van der Waals surface area contributed by atoms with E-state index in [9.17, 15) is 28.7 Å². The number of nitrogens with one attached hydrogen (secondary N) is 3. The van der Waals surface area contributed by atoms with Gasteiger partial charge in [-0.15, -0.1) is 17.9 Å². The zero-order valence-corrected chi connectivity index (χ0v) is 33.4. The highest BCUT2D eigenvalue weighted by molar-refractivity contribution is 9.10. The third-order valence-electron chi connectivity index (χ3n) is 9.30. The lowest BCUT2D eigenvalue weighted by Crippen LogP contribution is -2.59. The van der Waals surface area contributed by atoms with Gasteiger partial charge in [0.25, 0.3) is 0 Å². The second-order valence-corrected chi connectivity index (χ2v) is 16.4. The Kier molecular flexibility index (Phi) is 12.4. The number of thiazole rings is 1. The van der Waals surface area contributed by atoms with E-state index in [1.54, 1.807) is 46.1 Å². The number of amides is 3. The summed E-state index contributed by atoms with van der Waals surface area (Å²) < 4.78 is 30.5. The van der Waals surface area contributed by atoms with Gasteiger partial charge in [0.15, 0.2) is 5.13 Å². The summed E-state index contributed by atoms with van der Waals surface area (Å²) >= 11 is 5.05. The normalized spacial score (nSPS) is 21.4. The molecule has 0 radical (unpaired) electrons. The zero-order chi connectivity index (χ0) is 39.5. The number of aliphatic carboxylic acids is 1. The number of carbonyl (C=O) groups excluding carboxylic acids is 3. The Morgan fingerprint density at radius 2 is 1.94 bits per heavy atom. The van der Waals surface area contributed by atoms with Crippen LogP contribution in [0.3, 0.4) is 0 Å². The number of benzene rings is 1. The fourth-order valence-electron chi connectivity index (χ4n) is 6.37. The number of fused-ring (bicyclic) bond motifs is 1. The highest BCUT2D eigenvalue weighted by atomic mass is 79.9. The monoisotopic (exact) mass is 832 g/mol. The lowest BCUT2D eigenvalue weighted by Gasteiger charge is -2.35. The molecule has 3 aromatic rings. The topological polar surface area (TPSA) is 181 Å². The maximum absolute atomic E-state index is 14.4. The van der Waals surface area contributed by atoms with Crippen LogP contribution in [-0.4, -0.2) is 101 Å². The number of alkyl carbamates (subject to hydrolysis) is 1. The number of methoxy groups -OCH3 is 1. The van der Waals surface area contributed by atoms with Gasteiger partial charge in [-0.05, 0) is 53.7 Å². The van der Waals surface area contributed by atoms with Crippen molar-refractivity contribution in [1.82, 2.24) is 25.5 Å². The molecule has 2 aromatic heterocycles. The molecule has 0 spiro atoms. The molecule has 0 bridgehead atoms. The van der Waals surface area contributed by atoms with E-state index in [2.05, 4.69) is 38.5 Å². The van der Waals surface area contributed by atoms with Gasteiger partial charge in [0.05, 0.1) is 42.6 Å². The molecule has 17 heteroatoms. The molecule has 54 heavy (non-hydrogen) atoms. The van der Waals surface area contributed by atoms with Crippen molar-refractivity contribution in [3.05, 3.63) is 40.7 Å². The molecule has 1 saturated heterocycles. The number of rotatable bonds is 15. The Morgan fingerprint density at radius 3 is 2.56 bits per heavy atom. The third-order valence-corrected chi connectivity index (χ3v) is 10.8. The number of pyridine rings is 1. The first-order valence-corrected chi connectivity index (χ1v) is 19.2. The van der Waals surface area contributed by atoms with Crippen molar-refractivity contribution in [2.75, 3.05) is 32.3 Å². The maximum Gasteiger partial charge on any atom is 0.407 e. The summed E-state index contributed by atoms with van der Waals surface area (Å²) in [6.07, 6.45) is -0.0324. The van der Waals surface area contributed by atoms with Crippen LogP contribution in [0.25, 0.3) is 22.3 Å². The average molecular weight is 834 g/mol. The minimum atomic E-state index is -1.55. The first-order valence-electron chi connectivity index (χ1n) is 17.6. The standard InChI is InChI=1S/C37H46BrFN6O8S/c1-8-20-16-37(20,33(48)49)44-31(46)25-14-21(17-45(25)32(47)30(36(4,5)6)43-35(50)52-13-9-12-39)53-27-15-23(24-18-54-34(42-24)40-19(2)3)41-29-22(27)10-11-26(51-7)28(29)38/h8,10-11,15,18-21,25,30H,1,9,12-14,16-17H2,2-7H3,(H,40,42)(H,43,50)(H,44,46)(H,48,49)/t20-,21-,25+,30-,37-/m1/s1. The molecule has 3 amide bonds. The molecule has 1 saturated carbocycles. The van der Waals surface area contributed by atoms with E-state index in [1.165, 1.54) is 22.3 Å². The first kappa shape index (κ1) is 40.7. The van der Waals surface area contributed by atoms with E-state index in [0.717, 1.165) is 5.13 Å². The van der Waals surface area contributed by atoms with E-state index in [0.29, 0.717) is 38.3 Å². The minimum Gasteiger partial charge on any atom is -0.495 e. The maximum atomic E-state index is 14.4. The SMILES string of the molecule is C=C[C@@H]1C[C@]1(NC(=O)[C@@H]1C[C@@H](Oc2cc(-c3csc(NC(C)C)n3)nc3c(Br)c(OC)ccc23)CN1C(=O)[C@@H](NC(=O)OCCCF)C(C)(C)C)C(=O)O. The van der Waals surface area contributed by atoms with E-state index in [1.807, 2.05) is 19.2 Å². The summed E-state index contributed by atoms with van der Waals surface area (Å²) in [7, 11) is 1.55. The van der Waals surface area contributed by atoms with Crippen molar-refractivity contribution in [3.63, 3.8) is 0 Å². The summed E-state index contributed by atoms with van der Waals surface area (Å²) in [6.45, 7) is 12.0. The molecular formula is C37H46BrFN6O8S. The quantitative estimate of drug-likeness (QED) is 0.105. The molecule has 4 N–H and O–H groups in total. The van der Waals surface area contributed by atoms with E-state index in [-0.39, 0.29) is 38.5 Å². The van der Waals surface area contributed by atoms with Crippen LogP contribution >= 0.6 is 27.3 Å². The van der Waals surface area contributed by atoms with Gasteiger partial charge in [-0.1, -0.05) is 26.8 Å². The molecule has 3 heterocycles. The van der Waals surface area contributed by atoms with E-state index >= 15 is 0 Å². The third kappa shape index (κ3) is 8.72. The first-order chi connectivity index (χ1) is 25.5. The van der Waals surface area contributed by atoms with Gasteiger partial charge in [-0.3, -0.25) is 14.0 Å². The van der Waals surface area contributed by atoms with Crippen LogP contribution in [-0.2, 0) is 19.1 Å². The summed E-state index contributed by atoms with van der Waals surface area (Å²) in [5.41, 5.74) is -0.767. The summed E-state index contributed by atoms with van der Waals surface area (Å²) in [6, 6.07) is 3.14. The minimum absolute atomic E-state index is 0.000527. The molecule has 292 valence electrons. The van der Waals surface area contributed by atoms with Crippen molar-refractivity contribution in [2.45, 2.75) is 83.6 Å². The number of carboxylic acid groups (broad SMARTS) is 1. The molecule has 0 unspecified atom stereocenters. The van der Waals surface area contributed by atoms with Gasteiger partial charge in [-0.2, -0.15) is 0 Å². The molecule has 1 aromatic carbocycles. The van der Waals surface area contributed by atoms with Crippen molar-refractivity contribution < 1.29 is 42.9 Å². The van der Waals surface area contributed by atoms with Crippen molar-refractivity contribution >= 4 is 67.2 Å². The number of hydrogen-bond donors (Lipinski definition) is 4. The van der Waals surface area contributed by atoms with Crippen molar-refractivity contribution in [1.29, 1.82) is 0 Å². The number of alkyl halides is 1. The molecule has 14 nitrogen and oxygen atoms in total. The smallest absolute Gasteiger partial charge is 0.407 e. The molecular weight excluding hydrogens is 787 g/mol. The Balaban J connectivity index is 1.52. The molecule has 5 rings (SSSR count). The highest BCUT2D eigenvalue weighted by Crippen LogP contribution is 2.45. The number of ether oxygens (including phenoxy) is 3. The van der Waals surface area contributed by atoms with Gasteiger partial charge >= 0.3 is 12.1 Å². The second-order valence-electron chi connectivity index (χ2n) is 14.7. The zero-order valence-electron chi connectivity index (χ0n) is 31.0. The van der Waals surface area contributed by atoms with Crippen LogP contribution in [0.5, 0.6) is 11.5 Å². The molecule has 1 aliphatic carbocycles. The number of anilines is 1. The largest absolute Gasteiger partial charge is 0.495 e. The van der Waals surface area contributed by atoms with Gasteiger partial charge in [0.1, 0.15) is 40.9 Å². The van der Waals surface area contributed by atoms with Crippen LogP contribution in [0.4, 0.5) is 14.3 Å². The van der Waals surface area contributed by atoms with E-state index < -0.39 is 65.6 Å². The van der Waals surface area contributed by atoms with Crippen LogP contribution in [0, 0.1) is 11.3 Å². The van der Waals surface area contributed by atoms with Crippen molar-refractivity contribution in [3.8, 4) is 22.9 Å². The number of aromatic nitrogens is 2. The van der Waals surface area contributed by atoms with Gasteiger partial charge in [-0.25, -0.2) is 19.6 Å². The van der Waals surface area contributed by atoms with Gasteiger partial charge in [0, 0.05) is 41.6 Å². The number of hydrogen-bond acceptors (Lipinski definition) is 11. The Morgan fingerprint density at radius 1 is 1.20 bits per heavy atom. The predicted molar refractivity (Wildman–Crippen MR) is 206 cm³/mol. The Labute approximate surface area is 325 Å². The lowest BCUT2D eigenvalue weighted by molar-refractivity contribution is -0.146. The Bertz CT molecular complexity index is 1920. The number of carbonyl (C=O) groups is 4. The van der Waals surface area contributed by atoms with Crippen LogP contribution < -0.4 is 25.4 Å². The highest BCUT2D eigenvalue weighted by Gasteiger charge is 2.61. The number of nitrogens with zero attached hydrogens (tertiary/aromatic N) is 3. The lowest BCUT2D eigenvalue weighted by atomic mass is 9.85. The van der Waals surface area contributed by atoms with Crippen LogP contribution in [0.2, 0.25) is 0 Å². The second kappa shape index (κ2) is 16.5. The predicted octanol–water partition coefficient (Wildman–Crippen LogP) is 5.94. The van der Waals surface area contributed by atoms with Crippen LogP contribution in [0.1, 0.15) is 53.9 Å². The fourth-order valence-corrected chi connectivity index (χ4v) is 7.81. The molecule has 5 atom stereocenters. The summed E-state index contributed by atoms with van der Waals surface area (Å²) in [4.78, 5) is 64.4. The Hall–Kier alpha value is -4.51. The molecule has 2 aliphatic rings. The van der Waals surface area contributed by atoms with Gasteiger partial charge in [0.2, 0.25) is 11.8 Å². The van der Waals surface area contributed by atoms with Crippen molar-refractivity contribution in [2.24, 2.45) is 11.3 Å². The number of carboxylic acids is 1. The molecule has 2 fully saturated rings. The summed E-state index contributed by atoms with van der Waals surface area (Å²) in [5.74, 6) is -2.03. The van der Waals surface area contributed by atoms with Gasteiger partial charge < -0.3 is 40.2 Å². The molecule has 1 aliphatic heterocycles. The summed E-state index contributed by atoms with van der Waals surface area (Å²) in [5, 5.41) is 21.8. The van der Waals surface area contributed by atoms with Crippen LogP contribution in [0.15, 0.2) is 40.7 Å². The fraction of sp³-hybridized carbons (Fsp3) is 0.514. The average Bonchev–Trinajstić information content (AvgIpc) is 3.39. The van der Waals surface area contributed by atoms with E-state index in [4.69, 9.17) is 24.2 Å². The number of halogens is 2. The number of likely N-dealkylation sites (tertiary alicyclic amines) is 1.